The standard InChI is InChI=1S/C19H15NO4S/c21-19(22)12-11-14-5-3-8-16(13-14)20-25(23,24)18-10-4-7-15-6-1-2-9-17(15)18/h1-13,20H,(H,21,22)/b12-11+. The van der Waals surface area contributed by atoms with Crippen LogP contribution >= 0.6 is 0 Å². The number of aliphatic carboxylic acids is 1. The smallest absolute Gasteiger partial charge is 0.328 e. The summed E-state index contributed by atoms with van der Waals surface area (Å²) in [5.41, 5.74) is 0.945. The molecule has 3 aromatic carbocycles. The topological polar surface area (TPSA) is 83.5 Å². The Hall–Kier alpha value is -3.12. The number of nitrogens with one attached hydrogen (secondary N) is 1. The molecule has 2 N–H and O–H groups in total. The molecule has 6 heteroatoms. The van der Waals surface area contributed by atoms with E-state index in [4.69, 9.17) is 5.11 Å². The third-order valence-corrected chi connectivity index (χ3v) is 5.04. The number of fused-ring (bicyclic) bond motifs is 1. The lowest BCUT2D eigenvalue weighted by Gasteiger charge is -2.11. The van der Waals surface area contributed by atoms with Crippen LogP contribution in [-0.4, -0.2) is 19.5 Å². The number of carboxylic acids is 1. The maximum absolute atomic E-state index is 12.8. The van der Waals surface area contributed by atoms with Crippen molar-refractivity contribution < 1.29 is 18.3 Å². The Kier molecular flexibility index (Phi) is 4.54. The summed E-state index contributed by atoms with van der Waals surface area (Å²) in [6.07, 6.45) is 2.40. The number of sulfonamides is 1. The third-order valence-electron chi connectivity index (χ3n) is 3.60. The second-order valence-corrected chi connectivity index (χ2v) is 7.03. The largest absolute Gasteiger partial charge is 0.478 e. The van der Waals surface area contributed by atoms with E-state index in [-0.39, 0.29) is 4.90 Å². The summed E-state index contributed by atoms with van der Waals surface area (Å²) < 4.78 is 28.1. The highest BCUT2D eigenvalue weighted by Gasteiger charge is 2.17. The molecular formula is C19H15NO4S. The van der Waals surface area contributed by atoms with E-state index in [1.807, 2.05) is 18.2 Å². The first-order valence-corrected chi connectivity index (χ1v) is 8.96. The van der Waals surface area contributed by atoms with Crippen molar-refractivity contribution in [2.75, 3.05) is 4.72 Å². The highest BCUT2D eigenvalue weighted by Crippen LogP contribution is 2.25. The Morgan fingerprint density at radius 1 is 0.960 bits per heavy atom. The lowest BCUT2D eigenvalue weighted by atomic mass is 10.1. The quantitative estimate of drug-likeness (QED) is 0.685. The van der Waals surface area contributed by atoms with Crippen LogP contribution in [0.2, 0.25) is 0 Å². The fourth-order valence-corrected chi connectivity index (χ4v) is 3.79. The number of rotatable bonds is 5. The molecule has 0 unspecified atom stereocenters. The first-order chi connectivity index (χ1) is 12.0. The molecular weight excluding hydrogens is 338 g/mol. The zero-order valence-corrected chi connectivity index (χ0v) is 13.9. The predicted octanol–water partition coefficient (Wildman–Crippen LogP) is 3.74. The summed E-state index contributed by atoms with van der Waals surface area (Å²) in [6, 6.07) is 18.9. The van der Waals surface area contributed by atoms with E-state index < -0.39 is 16.0 Å². The van der Waals surface area contributed by atoms with Gasteiger partial charge in [-0.2, -0.15) is 0 Å². The molecule has 0 saturated heterocycles. The first-order valence-electron chi connectivity index (χ1n) is 7.47. The van der Waals surface area contributed by atoms with Gasteiger partial charge in [0.25, 0.3) is 10.0 Å². The molecule has 0 radical (unpaired) electrons. The van der Waals surface area contributed by atoms with Gasteiger partial charge in [-0.25, -0.2) is 13.2 Å². The van der Waals surface area contributed by atoms with Gasteiger partial charge < -0.3 is 5.11 Å². The average Bonchev–Trinajstić information content (AvgIpc) is 2.59. The number of hydrogen-bond donors (Lipinski definition) is 2. The van der Waals surface area contributed by atoms with Crippen molar-refractivity contribution in [2.45, 2.75) is 4.90 Å². The fourth-order valence-electron chi connectivity index (χ4n) is 2.51. The van der Waals surface area contributed by atoms with Gasteiger partial charge in [0, 0.05) is 17.1 Å². The van der Waals surface area contributed by atoms with Gasteiger partial charge in [0.2, 0.25) is 0 Å². The molecule has 5 nitrogen and oxygen atoms in total. The van der Waals surface area contributed by atoms with Gasteiger partial charge in [0.15, 0.2) is 0 Å². The number of carbonyl (C=O) groups is 1. The van der Waals surface area contributed by atoms with Crippen molar-refractivity contribution in [3.63, 3.8) is 0 Å². The van der Waals surface area contributed by atoms with E-state index in [0.717, 1.165) is 11.5 Å². The molecule has 3 rings (SSSR count). The Morgan fingerprint density at radius 3 is 2.48 bits per heavy atom. The van der Waals surface area contributed by atoms with Crippen LogP contribution in [-0.2, 0) is 14.8 Å². The minimum atomic E-state index is -3.78. The van der Waals surface area contributed by atoms with Crippen LogP contribution in [0.15, 0.2) is 77.7 Å². The van der Waals surface area contributed by atoms with Crippen LogP contribution in [0.3, 0.4) is 0 Å². The lowest BCUT2D eigenvalue weighted by molar-refractivity contribution is -0.131. The zero-order valence-electron chi connectivity index (χ0n) is 13.1. The van der Waals surface area contributed by atoms with Crippen molar-refractivity contribution in [2.24, 2.45) is 0 Å². The van der Waals surface area contributed by atoms with Crippen LogP contribution in [0.5, 0.6) is 0 Å². The maximum atomic E-state index is 12.8. The van der Waals surface area contributed by atoms with E-state index in [1.54, 1.807) is 48.5 Å². The number of anilines is 1. The molecule has 0 fully saturated rings. The zero-order chi connectivity index (χ0) is 17.9. The second-order valence-electron chi connectivity index (χ2n) is 5.38. The summed E-state index contributed by atoms with van der Waals surface area (Å²) in [5, 5.41) is 10.2. The summed E-state index contributed by atoms with van der Waals surface area (Å²) in [7, 11) is -3.78. The first kappa shape index (κ1) is 16.7. The van der Waals surface area contributed by atoms with Crippen LogP contribution in [0, 0.1) is 0 Å². The molecule has 0 aliphatic rings. The average molecular weight is 353 g/mol. The van der Waals surface area contributed by atoms with Crippen molar-refractivity contribution >= 4 is 38.5 Å². The predicted molar refractivity (Wildman–Crippen MR) is 97.9 cm³/mol. The van der Waals surface area contributed by atoms with E-state index >= 15 is 0 Å². The molecule has 25 heavy (non-hydrogen) atoms. The maximum Gasteiger partial charge on any atom is 0.328 e. The molecule has 0 aliphatic carbocycles. The van der Waals surface area contributed by atoms with Crippen LogP contribution < -0.4 is 4.72 Å². The van der Waals surface area contributed by atoms with Gasteiger partial charge >= 0.3 is 5.97 Å². The minimum absolute atomic E-state index is 0.192. The van der Waals surface area contributed by atoms with Crippen LogP contribution in [0.25, 0.3) is 16.8 Å². The SMILES string of the molecule is O=C(O)/C=C/c1cccc(NS(=O)(=O)c2cccc3ccccc23)c1. The molecule has 0 bridgehead atoms. The molecule has 0 saturated carbocycles. The van der Waals surface area contributed by atoms with E-state index in [9.17, 15) is 13.2 Å². The van der Waals surface area contributed by atoms with Crippen molar-refractivity contribution in [3.8, 4) is 0 Å². The third kappa shape index (κ3) is 3.87. The second kappa shape index (κ2) is 6.78. The minimum Gasteiger partial charge on any atom is -0.478 e. The lowest BCUT2D eigenvalue weighted by Crippen LogP contribution is -2.13. The number of benzene rings is 3. The summed E-state index contributed by atoms with van der Waals surface area (Å²) in [5.74, 6) is -1.07. The molecule has 126 valence electrons. The van der Waals surface area contributed by atoms with Gasteiger partial charge in [-0.05, 0) is 35.2 Å². The molecule has 0 heterocycles. The molecule has 0 amide bonds. The highest BCUT2D eigenvalue weighted by molar-refractivity contribution is 7.93. The van der Waals surface area contributed by atoms with Gasteiger partial charge in [-0.15, -0.1) is 0 Å². The van der Waals surface area contributed by atoms with Gasteiger partial charge in [-0.3, -0.25) is 4.72 Å². The molecule has 0 aliphatic heterocycles. The molecule has 0 atom stereocenters. The van der Waals surface area contributed by atoms with Crippen molar-refractivity contribution in [1.82, 2.24) is 0 Å². The van der Waals surface area contributed by atoms with Gasteiger partial charge in [0.05, 0.1) is 4.90 Å². The van der Waals surface area contributed by atoms with Gasteiger partial charge in [-0.1, -0.05) is 48.5 Å². The Balaban J connectivity index is 1.96. The van der Waals surface area contributed by atoms with E-state index in [2.05, 4.69) is 4.72 Å². The van der Waals surface area contributed by atoms with Crippen LogP contribution in [0.1, 0.15) is 5.56 Å². The van der Waals surface area contributed by atoms with E-state index in [0.29, 0.717) is 16.6 Å². The Morgan fingerprint density at radius 2 is 1.68 bits per heavy atom. The highest BCUT2D eigenvalue weighted by atomic mass is 32.2. The summed E-state index contributed by atoms with van der Waals surface area (Å²) in [6.45, 7) is 0. The number of carboxylic acid groups (broad SMARTS) is 1. The fraction of sp³-hybridized carbons (Fsp3) is 0. The van der Waals surface area contributed by atoms with Crippen molar-refractivity contribution in [1.29, 1.82) is 0 Å². The molecule has 3 aromatic rings. The van der Waals surface area contributed by atoms with Gasteiger partial charge in [0.1, 0.15) is 0 Å². The summed E-state index contributed by atoms with van der Waals surface area (Å²) in [4.78, 5) is 10.8. The Labute approximate surface area is 145 Å². The van der Waals surface area contributed by atoms with E-state index in [1.165, 1.54) is 6.08 Å². The Bertz CT molecular complexity index is 1070. The molecule has 0 spiro atoms. The summed E-state index contributed by atoms with van der Waals surface area (Å²) >= 11 is 0. The molecule has 0 aromatic heterocycles. The van der Waals surface area contributed by atoms with Crippen LogP contribution in [0.4, 0.5) is 5.69 Å². The number of hydrogen-bond acceptors (Lipinski definition) is 3. The monoisotopic (exact) mass is 353 g/mol. The van der Waals surface area contributed by atoms with Crippen molar-refractivity contribution in [3.05, 3.63) is 78.4 Å². The normalized spacial score (nSPS) is 11.7.